The Hall–Kier alpha value is -2.65. The molecule has 9 nitrogen and oxygen atoms in total. The van der Waals surface area contributed by atoms with Gasteiger partial charge in [0.1, 0.15) is 23.9 Å². The Labute approximate surface area is 138 Å². The number of hydrogen-bond donors (Lipinski definition) is 1. The summed E-state index contributed by atoms with van der Waals surface area (Å²) in [6, 6.07) is 3.57. The molecule has 0 saturated heterocycles. The smallest absolute Gasteiger partial charge is 0.307 e. The quantitative estimate of drug-likeness (QED) is 0.649. The van der Waals surface area contributed by atoms with Crippen LogP contribution in [0, 0.1) is 10.1 Å². The number of ether oxygens (including phenoxy) is 2. The average Bonchev–Trinajstić information content (AvgIpc) is 3.02. The molecule has 1 aromatic carbocycles. The van der Waals surface area contributed by atoms with E-state index in [2.05, 4.69) is 5.10 Å². The number of aliphatic hydroxyl groups excluding tert-OH is 1. The van der Waals surface area contributed by atoms with Crippen molar-refractivity contribution in [1.82, 2.24) is 14.7 Å². The highest BCUT2D eigenvalue weighted by atomic mass is 16.6. The van der Waals surface area contributed by atoms with E-state index >= 15 is 0 Å². The molecule has 0 aliphatic carbocycles. The first-order chi connectivity index (χ1) is 11.5. The summed E-state index contributed by atoms with van der Waals surface area (Å²) in [4.78, 5) is 12.2. The summed E-state index contributed by atoms with van der Waals surface area (Å²) < 4.78 is 12.2. The second kappa shape index (κ2) is 6.46. The van der Waals surface area contributed by atoms with E-state index < -0.39 is 11.0 Å². The van der Waals surface area contributed by atoms with Crippen molar-refractivity contribution in [1.29, 1.82) is 0 Å². The van der Waals surface area contributed by atoms with Crippen LogP contribution in [0.2, 0.25) is 0 Å². The largest absolute Gasteiger partial charge is 0.496 e. The molecule has 128 valence electrons. The molecule has 1 N–H and O–H groups in total. The van der Waals surface area contributed by atoms with Crippen molar-refractivity contribution in [2.24, 2.45) is 0 Å². The van der Waals surface area contributed by atoms with Crippen molar-refractivity contribution in [2.45, 2.75) is 19.3 Å². The Morgan fingerprint density at radius 3 is 2.71 bits per heavy atom. The molecule has 1 aromatic heterocycles. The predicted octanol–water partition coefficient (Wildman–Crippen LogP) is 1.32. The molecule has 2 heterocycles. The van der Waals surface area contributed by atoms with Gasteiger partial charge in [-0.2, -0.15) is 5.10 Å². The minimum absolute atomic E-state index is 0.0628. The summed E-state index contributed by atoms with van der Waals surface area (Å²) in [5, 5.41) is 25.2. The van der Waals surface area contributed by atoms with Gasteiger partial charge in [-0.15, -0.1) is 0 Å². The minimum atomic E-state index is -0.746. The van der Waals surface area contributed by atoms with Crippen LogP contribution in [0.4, 0.5) is 5.69 Å². The predicted molar refractivity (Wildman–Crippen MR) is 83.8 cm³/mol. The lowest BCUT2D eigenvalue weighted by Gasteiger charge is -2.33. The summed E-state index contributed by atoms with van der Waals surface area (Å²) in [7, 11) is 3.13. The van der Waals surface area contributed by atoms with Gasteiger partial charge >= 0.3 is 5.69 Å². The SMILES string of the molecule is COc1ccc(OC)c2c1CN(Cn1cc([N+](=O)[O-])cn1)CC2O. The fourth-order valence-corrected chi connectivity index (χ4v) is 2.98. The first-order valence-corrected chi connectivity index (χ1v) is 7.34. The van der Waals surface area contributed by atoms with Gasteiger partial charge in [0.25, 0.3) is 0 Å². The lowest BCUT2D eigenvalue weighted by atomic mass is 9.95. The molecule has 1 aliphatic heterocycles. The van der Waals surface area contributed by atoms with Gasteiger partial charge in [0, 0.05) is 24.2 Å². The fourth-order valence-electron chi connectivity index (χ4n) is 2.98. The summed E-state index contributed by atoms with van der Waals surface area (Å²) in [6.07, 6.45) is 1.83. The second-order valence-corrected chi connectivity index (χ2v) is 5.53. The molecule has 0 radical (unpaired) electrons. The molecule has 3 rings (SSSR count). The van der Waals surface area contributed by atoms with Gasteiger partial charge in [0.15, 0.2) is 0 Å². The van der Waals surface area contributed by atoms with Crippen LogP contribution in [0.5, 0.6) is 11.5 Å². The molecule has 1 unspecified atom stereocenters. The van der Waals surface area contributed by atoms with E-state index in [0.29, 0.717) is 31.3 Å². The molecule has 0 fully saturated rings. The molecule has 0 spiro atoms. The number of benzene rings is 1. The zero-order valence-corrected chi connectivity index (χ0v) is 13.4. The summed E-state index contributed by atoms with van der Waals surface area (Å²) >= 11 is 0. The van der Waals surface area contributed by atoms with Crippen molar-refractivity contribution in [2.75, 3.05) is 20.8 Å². The second-order valence-electron chi connectivity index (χ2n) is 5.53. The molecule has 9 heteroatoms. The van der Waals surface area contributed by atoms with E-state index in [9.17, 15) is 15.2 Å². The van der Waals surface area contributed by atoms with E-state index in [1.54, 1.807) is 26.4 Å². The number of methoxy groups -OCH3 is 2. The third-order valence-corrected chi connectivity index (χ3v) is 4.04. The molecule has 1 aliphatic rings. The van der Waals surface area contributed by atoms with Crippen molar-refractivity contribution in [3.8, 4) is 11.5 Å². The topological polar surface area (TPSA) is 103 Å². The van der Waals surface area contributed by atoms with Gasteiger partial charge in [0.05, 0.1) is 31.9 Å². The Morgan fingerprint density at radius 1 is 1.38 bits per heavy atom. The molecule has 1 atom stereocenters. The molecule has 0 saturated carbocycles. The van der Waals surface area contributed by atoms with Gasteiger partial charge in [-0.1, -0.05) is 0 Å². The number of fused-ring (bicyclic) bond motifs is 1. The zero-order chi connectivity index (χ0) is 17.3. The molecular weight excluding hydrogens is 316 g/mol. The van der Waals surface area contributed by atoms with Crippen LogP contribution in [0.15, 0.2) is 24.5 Å². The van der Waals surface area contributed by atoms with Gasteiger partial charge in [-0.25, -0.2) is 0 Å². The van der Waals surface area contributed by atoms with Gasteiger partial charge in [0.2, 0.25) is 0 Å². The highest BCUT2D eigenvalue weighted by Crippen LogP contribution is 2.39. The molecular formula is C15H18N4O5. The van der Waals surface area contributed by atoms with E-state index in [1.807, 2.05) is 4.90 Å². The van der Waals surface area contributed by atoms with Crippen LogP contribution in [-0.2, 0) is 13.2 Å². The highest BCUT2D eigenvalue weighted by Gasteiger charge is 2.30. The number of aliphatic hydroxyl groups is 1. The summed E-state index contributed by atoms with van der Waals surface area (Å²) in [6.45, 7) is 1.20. The first-order valence-electron chi connectivity index (χ1n) is 7.34. The van der Waals surface area contributed by atoms with Crippen molar-refractivity contribution in [3.05, 3.63) is 45.8 Å². The number of hydrogen-bond acceptors (Lipinski definition) is 7. The van der Waals surface area contributed by atoms with Crippen LogP contribution in [0.25, 0.3) is 0 Å². The molecule has 0 bridgehead atoms. The number of nitrogens with zero attached hydrogens (tertiary/aromatic N) is 4. The molecule has 24 heavy (non-hydrogen) atoms. The maximum Gasteiger partial charge on any atom is 0.307 e. The number of β-amino-alcohol motifs (C(OH)–C–C–N with tert-alkyl or cyclic N) is 1. The van der Waals surface area contributed by atoms with Crippen LogP contribution in [-0.4, -0.2) is 45.5 Å². The van der Waals surface area contributed by atoms with Crippen molar-refractivity contribution < 1.29 is 19.5 Å². The zero-order valence-electron chi connectivity index (χ0n) is 13.4. The van der Waals surface area contributed by atoms with Gasteiger partial charge < -0.3 is 14.6 Å². The van der Waals surface area contributed by atoms with E-state index in [4.69, 9.17) is 9.47 Å². The third kappa shape index (κ3) is 2.91. The summed E-state index contributed by atoms with van der Waals surface area (Å²) in [5.41, 5.74) is 1.50. The monoisotopic (exact) mass is 334 g/mol. The fraction of sp³-hybridized carbons (Fsp3) is 0.400. The number of nitro groups is 1. The van der Waals surface area contributed by atoms with Crippen LogP contribution >= 0.6 is 0 Å². The number of aromatic nitrogens is 2. The molecule has 2 aromatic rings. The average molecular weight is 334 g/mol. The van der Waals surface area contributed by atoms with Crippen LogP contribution in [0.3, 0.4) is 0 Å². The minimum Gasteiger partial charge on any atom is -0.496 e. The first kappa shape index (κ1) is 16.2. The Bertz CT molecular complexity index is 760. The van der Waals surface area contributed by atoms with Crippen LogP contribution in [0.1, 0.15) is 17.2 Å². The van der Waals surface area contributed by atoms with Crippen LogP contribution < -0.4 is 9.47 Å². The third-order valence-electron chi connectivity index (χ3n) is 4.04. The van der Waals surface area contributed by atoms with Gasteiger partial charge in [-0.05, 0) is 12.1 Å². The Morgan fingerprint density at radius 2 is 2.08 bits per heavy atom. The maximum atomic E-state index is 10.7. The van der Waals surface area contributed by atoms with E-state index in [1.165, 1.54) is 17.1 Å². The standard InChI is InChI=1S/C15H18N4O5/c1-23-13-3-4-14(24-2)15-11(13)7-17(8-12(15)20)9-18-6-10(5-16-18)19(21)22/h3-6,12,20H,7-9H2,1-2H3. The summed E-state index contributed by atoms with van der Waals surface area (Å²) in [5.74, 6) is 1.29. The number of rotatable bonds is 5. The lowest BCUT2D eigenvalue weighted by molar-refractivity contribution is -0.385. The van der Waals surface area contributed by atoms with E-state index in [-0.39, 0.29) is 5.69 Å². The normalized spacial score (nSPS) is 17.4. The molecule has 0 amide bonds. The van der Waals surface area contributed by atoms with Crippen molar-refractivity contribution in [3.63, 3.8) is 0 Å². The van der Waals surface area contributed by atoms with E-state index in [0.717, 1.165) is 11.1 Å². The van der Waals surface area contributed by atoms with Gasteiger partial charge in [-0.3, -0.25) is 19.7 Å². The lowest BCUT2D eigenvalue weighted by Crippen LogP contribution is -2.35. The maximum absolute atomic E-state index is 10.7. The Kier molecular flexibility index (Phi) is 4.36. The highest BCUT2D eigenvalue weighted by molar-refractivity contribution is 5.51. The Balaban J connectivity index is 1.86. The van der Waals surface area contributed by atoms with Crippen molar-refractivity contribution >= 4 is 5.69 Å².